The molecule has 1 aliphatic heterocycles. The Hall–Kier alpha value is -2.30. The minimum absolute atomic E-state index is 0.206. The van der Waals surface area contributed by atoms with E-state index in [1.807, 2.05) is 21.7 Å². The van der Waals surface area contributed by atoms with Crippen LogP contribution in [0.2, 0.25) is 0 Å². The SMILES string of the molecule is CCC(CC(=O)N1CCN(c2ccccc2)CC1)n1ccnc1. The fraction of sp³-hybridized carbons (Fsp3) is 0.444. The standard InChI is InChI=1S/C18H24N4O/c1-2-16(22-9-8-19-15-22)14-18(23)21-12-10-20(11-13-21)17-6-4-3-5-7-17/h3-9,15-16H,2,10-14H2,1H3. The van der Waals surface area contributed by atoms with Crippen molar-refractivity contribution in [2.45, 2.75) is 25.8 Å². The van der Waals surface area contributed by atoms with Crippen LogP contribution in [0.4, 0.5) is 5.69 Å². The summed E-state index contributed by atoms with van der Waals surface area (Å²) in [7, 11) is 0. The van der Waals surface area contributed by atoms with Crippen LogP contribution in [0.1, 0.15) is 25.8 Å². The molecule has 1 amide bonds. The van der Waals surface area contributed by atoms with E-state index in [-0.39, 0.29) is 11.9 Å². The van der Waals surface area contributed by atoms with Gasteiger partial charge < -0.3 is 14.4 Å². The highest BCUT2D eigenvalue weighted by Crippen LogP contribution is 2.19. The first-order valence-electron chi connectivity index (χ1n) is 8.33. The second-order valence-electron chi connectivity index (χ2n) is 5.98. The van der Waals surface area contributed by atoms with Crippen LogP contribution in [0.5, 0.6) is 0 Å². The number of rotatable bonds is 5. The zero-order valence-corrected chi connectivity index (χ0v) is 13.6. The van der Waals surface area contributed by atoms with E-state index in [0.29, 0.717) is 6.42 Å². The summed E-state index contributed by atoms with van der Waals surface area (Å²) in [5.74, 6) is 0.248. The molecule has 1 atom stereocenters. The molecule has 2 aromatic rings. The van der Waals surface area contributed by atoms with Crippen molar-refractivity contribution in [3.05, 3.63) is 49.1 Å². The fourth-order valence-corrected chi connectivity index (χ4v) is 3.13. The van der Waals surface area contributed by atoms with Crippen LogP contribution >= 0.6 is 0 Å². The molecule has 0 bridgehead atoms. The Morgan fingerprint density at radius 1 is 1.17 bits per heavy atom. The number of nitrogens with zero attached hydrogens (tertiary/aromatic N) is 4. The van der Waals surface area contributed by atoms with Crippen molar-refractivity contribution in [2.75, 3.05) is 31.1 Å². The molecule has 1 aliphatic rings. The van der Waals surface area contributed by atoms with Gasteiger partial charge in [0.1, 0.15) is 0 Å². The molecule has 3 rings (SSSR count). The van der Waals surface area contributed by atoms with Crippen molar-refractivity contribution in [1.29, 1.82) is 0 Å². The molecule has 1 saturated heterocycles. The maximum absolute atomic E-state index is 12.6. The summed E-state index contributed by atoms with van der Waals surface area (Å²) >= 11 is 0. The van der Waals surface area contributed by atoms with Crippen molar-refractivity contribution in [3.63, 3.8) is 0 Å². The van der Waals surface area contributed by atoms with Crippen LogP contribution in [-0.4, -0.2) is 46.5 Å². The molecule has 0 radical (unpaired) electrons. The van der Waals surface area contributed by atoms with Gasteiger partial charge in [-0.2, -0.15) is 0 Å². The molecule has 0 saturated carbocycles. The zero-order chi connectivity index (χ0) is 16.1. The largest absolute Gasteiger partial charge is 0.368 e. The summed E-state index contributed by atoms with van der Waals surface area (Å²) < 4.78 is 2.04. The first-order chi connectivity index (χ1) is 11.3. The van der Waals surface area contributed by atoms with Gasteiger partial charge in [-0.25, -0.2) is 4.98 Å². The van der Waals surface area contributed by atoms with Crippen molar-refractivity contribution >= 4 is 11.6 Å². The highest BCUT2D eigenvalue weighted by Gasteiger charge is 2.23. The van der Waals surface area contributed by atoms with Crippen LogP contribution in [0.25, 0.3) is 0 Å². The topological polar surface area (TPSA) is 41.4 Å². The summed E-state index contributed by atoms with van der Waals surface area (Å²) in [6.07, 6.45) is 7.00. The second-order valence-corrected chi connectivity index (χ2v) is 5.98. The minimum atomic E-state index is 0.206. The van der Waals surface area contributed by atoms with E-state index >= 15 is 0 Å². The third kappa shape index (κ3) is 3.73. The molecule has 1 fully saturated rings. The lowest BCUT2D eigenvalue weighted by molar-refractivity contribution is -0.132. The van der Waals surface area contributed by atoms with E-state index in [0.717, 1.165) is 32.6 Å². The Labute approximate surface area is 137 Å². The molecule has 0 aliphatic carbocycles. The van der Waals surface area contributed by atoms with Crippen LogP contribution < -0.4 is 4.90 Å². The predicted octanol–water partition coefficient (Wildman–Crippen LogP) is 2.57. The molecule has 2 heterocycles. The van der Waals surface area contributed by atoms with E-state index < -0.39 is 0 Å². The average Bonchev–Trinajstić information content (AvgIpc) is 3.15. The van der Waals surface area contributed by atoms with Crippen LogP contribution in [0, 0.1) is 0 Å². The van der Waals surface area contributed by atoms with Gasteiger partial charge in [-0.1, -0.05) is 25.1 Å². The number of hydrogen-bond acceptors (Lipinski definition) is 3. The molecule has 1 aromatic carbocycles. The Bertz CT molecular complexity index is 603. The summed E-state index contributed by atoms with van der Waals surface area (Å²) in [5.41, 5.74) is 1.24. The first kappa shape index (κ1) is 15.6. The molecular formula is C18H24N4O. The molecule has 0 spiro atoms. The lowest BCUT2D eigenvalue weighted by Gasteiger charge is -2.36. The second kappa shape index (κ2) is 7.31. The van der Waals surface area contributed by atoms with Gasteiger partial charge in [0.15, 0.2) is 0 Å². The molecular weight excluding hydrogens is 288 g/mol. The Kier molecular flexibility index (Phi) is 4.95. The average molecular weight is 312 g/mol. The summed E-state index contributed by atoms with van der Waals surface area (Å²) in [6, 6.07) is 10.6. The van der Waals surface area contributed by atoms with Crippen molar-refractivity contribution < 1.29 is 4.79 Å². The summed E-state index contributed by atoms with van der Waals surface area (Å²) in [5, 5.41) is 0. The summed E-state index contributed by atoms with van der Waals surface area (Å²) in [6.45, 7) is 5.52. The third-order valence-corrected chi connectivity index (χ3v) is 4.58. The quantitative estimate of drug-likeness (QED) is 0.852. The fourth-order valence-electron chi connectivity index (χ4n) is 3.13. The van der Waals surface area contributed by atoms with Gasteiger partial charge in [0.25, 0.3) is 0 Å². The van der Waals surface area contributed by atoms with Crippen LogP contribution in [-0.2, 0) is 4.79 Å². The molecule has 1 unspecified atom stereocenters. The molecule has 1 aromatic heterocycles. The number of imidazole rings is 1. The summed E-state index contributed by atoms with van der Waals surface area (Å²) in [4.78, 5) is 21.0. The highest BCUT2D eigenvalue weighted by atomic mass is 16.2. The van der Waals surface area contributed by atoms with Crippen LogP contribution in [0.3, 0.4) is 0 Å². The molecule has 122 valence electrons. The Morgan fingerprint density at radius 3 is 2.52 bits per heavy atom. The van der Waals surface area contributed by atoms with Gasteiger partial charge in [-0.05, 0) is 18.6 Å². The Balaban J connectivity index is 1.54. The lowest BCUT2D eigenvalue weighted by atomic mass is 10.1. The van der Waals surface area contributed by atoms with E-state index in [1.165, 1.54) is 5.69 Å². The van der Waals surface area contributed by atoms with Gasteiger partial charge in [0.05, 0.1) is 6.33 Å². The zero-order valence-electron chi connectivity index (χ0n) is 13.6. The number of aromatic nitrogens is 2. The van der Waals surface area contributed by atoms with E-state index in [2.05, 4.69) is 41.1 Å². The number of carbonyl (C=O) groups excluding carboxylic acids is 1. The molecule has 0 N–H and O–H groups in total. The molecule has 5 heteroatoms. The first-order valence-corrected chi connectivity index (χ1v) is 8.33. The number of piperazine rings is 1. The van der Waals surface area contributed by atoms with Gasteiger partial charge in [-0.15, -0.1) is 0 Å². The smallest absolute Gasteiger partial charge is 0.224 e. The number of carbonyl (C=O) groups is 1. The third-order valence-electron chi connectivity index (χ3n) is 4.58. The maximum Gasteiger partial charge on any atom is 0.224 e. The minimum Gasteiger partial charge on any atom is -0.368 e. The number of amides is 1. The normalized spacial score (nSPS) is 16.4. The lowest BCUT2D eigenvalue weighted by Crippen LogP contribution is -2.49. The van der Waals surface area contributed by atoms with Crippen molar-refractivity contribution in [3.8, 4) is 0 Å². The Morgan fingerprint density at radius 2 is 1.91 bits per heavy atom. The van der Waals surface area contributed by atoms with E-state index in [9.17, 15) is 4.79 Å². The number of anilines is 1. The number of hydrogen-bond donors (Lipinski definition) is 0. The monoisotopic (exact) mass is 312 g/mol. The maximum atomic E-state index is 12.6. The molecule has 23 heavy (non-hydrogen) atoms. The number of benzene rings is 1. The molecule has 5 nitrogen and oxygen atoms in total. The van der Waals surface area contributed by atoms with Crippen molar-refractivity contribution in [2.24, 2.45) is 0 Å². The van der Waals surface area contributed by atoms with Crippen LogP contribution in [0.15, 0.2) is 49.1 Å². The number of para-hydroxylation sites is 1. The van der Waals surface area contributed by atoms with E-state index in [1.54, 1.807) is 12.5 Å². The van der Waals surface area contributed by atoms with E-state index in [4.69, 9.17) is 0 Å². The van der Waals surface area contributed by atoms with Gasteiger partial charge >= 0.3 is 0 Å². The van der Waals surface area contributed by atoms with Gasteiger partial charge in [0.2, 0.25) is 5.91 Å². The van der Waals surface area contributed by atoms with Gasteiger partial charge in [0, 0.05) is 56.7 Å². The predicted molar refractivity (Wildman–Crippen MR) is 91.4 cm³/mol. The van der Waals surface area contributed by atoms with Gasteiger partial charge in [-0.3, -0.25) is 4.79 Å². The highest BCUT2D eigenvalue weighted by molar-refractivity contribution is 5.77. The van der Waals surface area contributed by atoms with Crippen molar-refractivity contribution in [1.82, 2.24) is 14.5 Å².